The van der Waals surface area contributed by atoms with E-state index in [2.05, 4.69) is 0 Å². The molecule has 2 aromatic rings. The molecule has 25 heavy (non-hydrogen) atoms. The minimum Gasteiger partial charge on any atom is -0.274 e. The lowest BCUT2D eigenvalue weighted by Crippen LogP contribution is -2.31. The van der Waals surface area contributed by atoms with Crippen LogP contribution in [0.3, 0.4) is 0 Å². The van der Waals surface area contributed by atoms with Crippen LogP contribution in [0.1, 0.15) is 18.1 Å². The van der Waals surface area contributed by atoms with Crippen molar-refractivity contribution in [3.05, 3.63) is 69.8 Å². The molecule has 128 valence electrons. The number of aryl methyl sites for hydroxylation is 1. The number of carbonyl (C=O) groups is 2. The lowest BCUT2D eigenvalue weighted by Gasteiger charge is -2.15. The fraction of sp³-hybridized carbons (Fsp3) is 0.263. The molecular weight excluding hydrogens is 320 g/mol. The zero-order valence-electron chi connectivity index (χ0n) is 14.0. The second kappa shape index (κ2) is 6.47. The first kappa shape index (κ1) is 16.8. The molecule has 2 atom stereocenters. The Morgan fingerprint density at radius 2 is 1.60 bits per heavy atom. The summed E-state index contributed by atoms with van der Waals surface area (Å²) in [5.41, 5.74) is 2.44. The fourth-order valence-corrected chi connectivity index (χ4v) is 3.08. The van der Waals surface area contributed by atoms with Crippen LogP contribution < -0.4 is 4.90 Å². The molecule has 3 rings (SSSR count). The summed E-state index contributed by atoms with van der Waals surface area (Å²) in [6.45, 7) is 3.75. The molecule has 0 saturated carbocycles. The number of carbonyl (C=O) groups excluding carboxylic acids is 2. The van der Waals surface area contributed by atoms with Crippen molar-refractivity contribution in [1.82, 2.24) is 0 Å². The molecule has 6 heteroatoms. The van der Waals surface area contributed by atoms with E-state index in [-0.39, 0.29) is 17.5 Å². The average Bonchev–Trinajstić information content (AvgIpc) is 2.80. The Hall–Kier alpha value is -3.02. The van der Waals surface area contributed by atoms with Crippen LogP contribution in [0.2, 0.25) is 0 Å². The van der Waals surface area contributed by atoms with Gasteiger partial charge < -0.3 is 0 Å². The Labute approximate surface area is 145 Å². The Balaban J connectivity index is 1.84. The van der Waals surface area contributed by atoms with Gasteiger partial charge >= 0.3 is 0 Å². The maximum atomic E-state index is 12.8. The minimum atomic E-state index is -0.514. The zero-order valence-corrected chi connectivity index (χ0v) is 14.0. The monoisotopic (exact) mass is 338 g/mol. The Morgan fingerprint density at radius 3 is 2.16 bits per heavy atom. The van der Waals surface area contributed by atoms with Gasteiger partial charge in [0.1, 0.15) is 0 Å². The number of nitrogens with zero attached hydrogens (tertiary/aromatic N) is 2. The van der Waals surface area contributed by atoms with E-state index in [9.17, 15) is 19.7 Å². The molecule has 2 aromatic carbocycles. The second-order valence-corrected chi connectivity index (χ2v) is 6.37. The van der Waals surface area contributed by atoms with E-state index in [1.165, 1.54) is 24.3 Å². The standard InChI is InChI=1S/C19H18N2O4/c1-12-3-5-14(6-4-12)11-17-13(2)18(22)20(19(17)23)15-7-9-16(10-8-15)21(24)25/h3-10,13,17H,11H2,1-2H3. The van der Waals surface area contributed by atoms with Gasteiger partial charge in [-0.15, -0.1) is 0 Å². The van der Waals surface area contributed by atoms with E-state index >= 15 is 0 Å². The highest BCUT2D eigenvalue weighted by molar-refractivity contribution is 6.22. The zero-order chi connectivity index (χ0) is 18.1. The molecule has 2 amide bonds. The molecule has 0 N–H and O–H groups in total. The molecule has 0 aliphatic carbocycles. The molecular formula is C19H18N2O4. The van der Waals surface area contributed by atoms with Crippen molar-refractivity contribution in [3.8, 4) is 0 Å². The van der Waals surface area contributed by atoms with Crippen LogP contribution in [0.25, 0.3) is 0 Å². The van der Waals surface area contributed by atoms with Gasteiger partial charge in [0.25, 0.3) is 5.69 Å². The maximum absolute atomic E-state index is 12.8. The van der Waals surface area contributed by atoms with Gasteiger partial charge in [0, 0.05) is 18.1 Å². The number of rotatable bonds is 4. The van der Waals surface area contributed by atoms with E-state index in [4.69, 9.17) is 0 Å². The summed E-state index contributed by atoms with van der Waals surface area (Å²) in [5, 5.41) is 10.8. The predicted molar refractivity (Wildman–Crippen MR) is 93.1 cm³/mol. The smallest absolute Gasteiger partial charge is 0.269 e. The van der Waals surface area contributed by atoms with Crippen molar-refractivity contribution in [2.45, 2.75) is 20.3 Å². The molecule has 0 spiro atoms. The van der Waals surface area contributed by atoms with Gasteiger partial charge in [0.15, 0.2) is 0 Å². The highest BCUT2D eigenvalue weighted by Crippen LogP contribution is 2.33. The average molecular weight is 338 g/mol. The van der Waals surface area contributed by atoms with Crippen molar-refractivity contribution < 1.29 is 14.5 Å². The number of nitro benzene ring substituents is 1. The van der Waals surface area contributed by atoms with E-state index in [0.29, 0.717) is 12.1 Å². The summed E-state index contributed by atoms with van der Waals surface area (Å²) in [4.78, 5) is 36.7. The number of non-ortho nitro benzene ring substituents is 1. The first-order valence-electron chi connectivity index (χ1n) is 8.06. The van der Waals surface area contributed by atoms with Gasteiger partial charge in [0.05, 0.1) is 16.5 Å². The summed E-state index contributed by atoms with van der Waals surface area (Å²) < 4.78 is 0. The largest absolute Gasteiger partial charge is 0.274 e. The molecule has 0 radical (unpaired) electrons. The normalized spacial score (nSPS) is 20.2. The highest BCUT2D eigenvalue weighted by Gasteiger charge is 2.45. The van der Waals surface area contributed by atoms with Crippen molar-refractivity contribution in [2.75, 3.05) is 4.90 Å². The van der Waals surface area contributed by atoms with E-state index in [1.807, 2.05) is 31.2 Å². The van der Waals surface area contributed by atoms with Crippen molar-refractivity contribution in [1.29, 1.82) is 0 Å². The summed E-state index contributed by atoms with van der Waals surface area (Å²) in [6.07, 6.45) is 0.496. The van der Waals surface area contributed by atoms with Crippen LogP contribution in [0.5, 0.6) is 0 Å². The van der Waals surface area contributed by atoms with Gasteiger partial charge in [-0.05, 0) is 31.0 Å². The van der Waals surface area contributed by atoms with Crippen LogP contribution in [0, 0.1) is 28.9 Å². The third-order valence-corrected chi connectivity index (χ3v) is 4.65. The maximum Gasteiger partial charge on any atom is 0.269 e. The lowest BCUT2D eigenvalue weighted by atomic mass is 9.90. The van der Waals surface area contributed by atoms with E-state index < -0.39 is 16.8 Å². The molecule has 1 fully saturated rings. The predicted octanol–water partition coefficient (Wildman–Crippen LogP) is 3.27. The first-order valence-corrected chi connectivity index (χ1v) is 8.06. The quantitative estimate of drug-likeness (QED) is 0.487. The summed E-state index contributed by atoms with van der Waals surface area (Å²) in [5.74, 6) is -1.38. The number of hydrogen-bond acceptors (Lipinski definition) is 4. The Kier molecular flexibility index (Phi) is 4.35. The first-order chi connectivity index (χ1) is 11.9. The summed E-state index contributed by atoms with van der Waals surface area (Å²) in [6, 6.07) is 13.4. The minimum absolute atomic E-state index is 0.0768. The van der Waals surface area contributed by atoms with Crippen LogP contribution in [0.4, 0.5) is 11.4 Å². The van der Waals surface area contributed by atoms with E-state index in [1.54, 1.807) is 6.92 Å². The number of nitro groups is 1. The number of benzene rings is 2. The van der Waals surface area contributed by atoms with Crippen molar-refractivity contribution in [3.63, 3.8) is 0 Å². The molecule has 1 aliphatic rings. The van der Waals surface area contributed by atoms with Crippen LogP contribution in [-0.2, 0) is 16.0 Å². The van der Waals surface area contributed by atoms with Gasteiger partial charge in [-0.1, -0.05) is 36.8 Å². The van der Waals surface area contributed by atoms with Gasteiger partial charge in [-0.2, -0.15) is 0 Å². The fourth-order valence-electron chi connectivity index (χ4n) is 3.08. The third kappa shape index (κ3) is 3.15. The number of imide groups is 1. The SMILES string of the molecule is Cc1ccc(CC2C(=O)N(c3ccc([N+](=O)[O-])cc3)C(=O)C2C)cc1. The number of anilines is 1. The Bertz CT molecular complexity index is 828. The summed E-state index contributed by atoms with van der Waals surface area (Å²) in [7, 11) is 0. The molecule has 1 heterocycles. The van der Waals surface area contributed by atoms with Crippen molar-refractivity contribution in [2.24, 2.45) is 11.8 Å². The molecule has 6 nitrogen and oxygen atoms in total. The van der Waals surface area contributed by atoms with Gasteiger partial charge in [0.2, 0.25) is 11.8 Å². The molecule has 0 aromatic heterocycles. The lowest BCUT2D eigenvalue weighted by molar-refractivity contribution is -0.384. The third-order valence-electron chi connectivity index (χ3n) is 4.65. The number of amides is 2. The highest BCUT2D eigenvalue weighted by atomic mass is 16.6. The van der Waals surface area contributed by atoms with Crippen LogP contribution in [-0.4, -0.2) is 16.7 Å². The van der Waals surface area contributed by atoms with Crippen molar-refractivity contribution >= 4 is 23.2 Å². The Morgan fingerprint density at radius 1 is 1.00 bits per heavy atom. The number of hydrogen-bond donors (Lipinski definition) is 0. The van der Waals surface area contributed by atoms with Crippen LogP contribution in [0.15, 0.2) is 48.5 Å². The topological polar surface area (TPSA) is 80.5 Å². The van der Waals surface area contributed by atoms with Gasteiger partial charge in [-0.3, -0.25) is 24.6 Å². The van der Waals surface area contributed by atoms with Crippen LogP contribution >= 0.6 is 0 Å². The molecule has 1 aliphatic heterocycles. The molecule has 1 saturated heterocycles. The van der Waals surface area contributed by atoms with Gasteiger partial charge in [-0.25, -0.2) is 0 Å². The summed E-state index contributed by atoms with van der Waals surface area (Å²) >= 11 is 0. The van der Waals surface area contributed by atoms with E-state index in [0.717, 1.165) is 16.0 Å². The molecule has 2 unspecified atom stereocenters. The molecule has 0 bridgehead atoms. The second-order valence-electron chi connectivity index (χ2n) is 6.37.